The second-order valence-corrected chi connectivity index (χ2v) is 14.7. The molecule has 3 aliphatic rings. The highest BCUT2D eigenvalue weighted by molar-refractivity contribution is 7.79. The molecule has 0 aliphatic heterocycles. The lowest BCUT2D eigenvalue weighted by atomic mass is 9.43. The molecule has 38 heavy (non-hydrogen) atoms. The molecular weight excluding hydrogens is 479 g/mol. The smallest absolute Gasteiger partial charge is 0.0757 e. The fourth-order valence-corrected chi connectivity index (χ4v) is 9.82. The lowest BCUT2D eigenvalue weighted by molar-refractivity contribution is -0.132. The first-order valence-corrected chi connectivity index (χ1v) is 15.6. The summed E-state index contributed by atoms with van der Waals surface area (Å²) in [5.74, 6) is 3.52. The van der Waals surface area contributed by atoms with Gasteiger partial charge in [-0.2, -0.15) is 0 Å². The van der Waals surface area contributed by atoms with Gasteiger partial charge in [-0.05, 0) is 95.8 Å². The lowest BCUT2D eigenvalue weighted by Gasteiger charge is -2.62. The van der Waals surface area contributed by atoms with Gasteiger partial charge in [0.25, 0.3) is 0 Å². The van der Waals surface area contributed by atoms with Crippen LogP contribution in [0.4, 0.5) is 0 Å². The summed E-state index contributed by atoms with van der Waals surface area (Å²) in [5, 5.41) is 3.95. The Morgan fingerprint density at radius 3 is 2.16 bits per heavy atom. The van der Waals surface area contributed by atoms with E-state index in [-0.39, 0.29) is 0 Å². The van der Waals surface area contributed by atoms with Gasteiger partial charge >= 0.3 is 0 Å². The largest absolute Gasteiger partial charge is 0.302 e. The number of hydrogen-bond acceptors (Lipinski definition) is 2. The average molecular weight is 521 g/mol. The zero-order valence-corrected chi connectivity index (χ0v) is 24.5. The van der Waals surface area contributed by atoms with Crippen molar-refractivity contribution in [3.8, 4) is 0 Å². The SMILES string of the molecule is Cc1cc2cc(CN(C)C[C@H]3C[C@H]4C[C@@H]([C@@H]3C)C4(C)C)ccc2nc1P(c1ccccc1)c1ccccc1. The maximum absolute atomic E-state index is 5.29. The number of nitrogens with zero attached hydrogens (tertiary/aromatic N) is 2. The topological polar surface area (TPSA) is 16.1 Å². The van der Waals surface area contributed by atoms with Crippen molar-refractivity contribution in [2.75, 3.05) is 13.6 Å². The van der Waals surface area contributed by atoms with Crippen LogP contribution in [0.15, 0.2) is 84.9 Å². The molecule has 3 aromatic carbocycles. The molecular formula is C35H41N2P. The van der Waals surface area contributed by atoms with E-state index in [1.807, 2.05) is 0 Å². The third-order valence-corrected chi connectivity index (χ3v) is 12.3. The van der Waals surface area contributed by atoms with Crippen molar-refractivity contribution < 1.29 is 0 Å². The molecule has 0 spiro atoms. The van der Waals surface area contributed by atoms with E-state index in [1.165, 1.54) is 51.9 Å². The molecule has 2 bridgehead atoms. The Balaban J connectivity index is 1.23. The summed E-state index contributed by atoms with van der Waals surface area (Å²) in [4.78, 5) is 7.85. The van der Waals surface area contributed by atoms with E-state index in [9.17, 15) is 0 Å². The van der Waals surface area contributed by atoms with Crippen LogP contribution in [0.5, 0.6) is 0 Å². The second-order valence-electron chi connectivity index (χ2n) is 12.6. The van der Waals surface area contributed by atoms with Crippen molar-refractivity contribution in [1.29, 1.82) is 0 Å². The van der Waals surface area contributed by atoms with Gasteiger partial charge in [-0.3, -0.25) is 0 Å². The number of aromatic nitrogens is 1. The maximum atomic E-state index is 5.29. The van der Waals surface area contributed by atoms with Gasteiger partial charge in [0.1, 0.15) is 0 Å². The number of benzene rings is 3. The van der Waals surface area contributed by atoms with E-state index in [2.05, 4.69) is 125 Å². The maximum Gasteiger partial charge on any atom is 0.0757 e. The Morgan fingerprint density at radius 2 is 1.55 bits per heavy atom. The zero-order chi connectivity index (χ0) is 26.4. The molecule has 4 atom stereocenters. The van der Waals surface area contributed by atoms with Crippen molar-refractivity contribution in [1.82, 2.24) is 9.88 Å². The van der Waals surface area contributed by atoms with Crippen molar-refractivity contribution in [2.24, 2.45) is 29.1 Å². The third kappa shape index (κ3) is 4.72. The minimum absolute atomic E-state index is 0.567. The van der Waals surface area contributed by atoms with Gasteiger partial charge in [0.05, 0.1) is 11.0 Å². The molecule has 1 aromatic heterocycles. The van der Waals surface area contributed by atoms with E-state index in [1.54, 1.807) is 0 Å². The summed E-state index contributed by atoms with van der Waals surface area (Å²) in [7, 11) is 1.60. The molecule has 3 aliphatic carbocycles. The monoisotopic (exact) mass is 520 g/mol. The molecule has 3 fully saturated rings. The molecule has 2 nitrogen and oxygen atoms in total. The molecule has 0 saturated heterocycles. The van der Waals surface area contributed by atoms with E-state index >= 15 is 0 Å². The van der Waals surface area contributed by atoms with Crippen molar-refractivity contribution in [3.05, 3.63) is 96.1 Å². The summed E-state index contributed by atoms with van der Waals surface area (Å²) in [6.45, 7) is 12.0. The predicted molar refractivity (Wildman–Crippen MR) is 164 cm³/mol. The minimum Gasteiger partial charge on any atom is -0.302 e. The van der Waals surface area contributed by atoms with Gasteiger partial charge < -0.3 is 4.90 Å². The van der Waals surface area contributed by atoms with Crippen LogP contribution < -0.4 is 16.0 Å². The Morgan fingerprint density at radius 1 is 0.895 bits per heavy atom. The Bertz CT molecular complexity index is 1370. The summed E-state index contributed by atoms with van der Waals surface area (Å²) in [6, 6.07) is 31.0. The van der Waals surface area contributed by atoms with E-state index in [0.717, 1.165) is 35.7 Å². The van der Waals surface area contributed by atoms with Gasteiger partial charge in [-0.15, -0.1) is 0 Å². The number of rotatable bonds is 7. The number of hydrogen-bond donors (Lipinski definition) is 0. The summed E-state index contributed by atoms with van der Waals surface area (Å²) in [5.41, 5.74) is 5.54. The van der Waals surface area contributed by atoms with Crippen molar-refractivity contribution in [3.63, 3.8) is 0 Å². The van der Waals surface area contributed by atoms with Crippen LogP contribution in [0.1, 0.15) is 44.7 Å². The first-order valence-electron chi connectivity index (χ1n) is 14.3. The van der Waals surface area contributed by atoms with Gasteiger partial charge in [-0.1, -0.05) is 87.5 Å². The van der Waals surface area contributed by atoms with Crippen molar-refractivity contribution in [2.45, 2.75) is 47.1 Å². The number of pyridine rings is 1. The normalized spacial score (nSPS) is 24.1. The molecule has 1 heterocycles. The lowest BCUT2D eigenvalue weighted by Crippen LogP contribution is -2.56. The Labute approximate surface area is 230 Å². The van der Waals surface area contributed by atoms with E-state index in [4.69, 9.17) is 4.98 Å². The van der Waals surface area contributed by atoms with Gasteiger partial charge in [-0.25, -0.2) is 4.98 Å². The second kappa shape index (κ2) is 10.2. The molecule has 3 saturated carbocycles. The van der Waals surface area contributed by atoms with Crippen LogP contribution in [0.3, 0.4) is 0 Å². The summed E-state index contributed by atoms with van der Waals surface area (Å²) >= 11 is 0. The molecule has 4 aromatic rings. The van der Waals surface area contributed by atoms with Crippen LogP contribution in [0.2, 0.25) is 0 Å². The highest BCUT2D eigenvalue weighted by atomic mass is 31.1. The summed E-state index contributed by atoms with van der Waals surface area (Å²) in [6.07, 6.45) is 2.87. The Kier molecular flexibility index (Phi) is 6.91. The zero-order valence-electron chi connectivity index (χ0n) is 23.6. The molecule has 0 radical (unpaired) electrons. The summed E-state index contributed by atoms with van der Waals surface area (Å²) < 4.78 is 0. The minimum atomic E-state index is -0.703. The van der Waals surface area contributed by atoms with Crippen molar-refractivity contribution >= 4 is 34.9 Å². The van der Waals surface area contributed by atoms with Crippen LogP contribution in [-0.2, 0) is 6.54 Å². The van der Waals surface area contributed by atoms with E-state index in [0.29, 0.717) is 5.41 Å². The molecule has 3 heteroatoms. The fourth-order valence-electron chi connectivity index (χ4n) is 7.47. The average Bonchev–Trinajstić information content (AvgIpc) is 2.91. The van der Waals surface area contributed by atoms with E-state index < -0.39 is 7.92 Å². The molecule has 0 unspecified atom stereocenters. The first-order chi connectivity index (χ1) is 18.3. The standard InChI is InChI=1S/C35H41N2P/c1-24-18-27-19-26(22-37(5)23-28-20-29-21-32(25(28)2)35(29,3)4)16-17-33(27)36-34(24)38(30-12-8-6-9-13-30)31-14-10-7-11-15-31/h6-19,25,28-29,32H,20-23H2,1-5H3/t25-,28-,29+,32+/m1/s1. The molecule has 0 amide bonds. The fraction of sp³-hybridized carbons (Fsp3) is 0.400. The highest BCUT2D eigenvalue weighted by Gasteiger charge is 2.56. The molecule has 196 valence electrons. The predicted octanol–water partition coefficient (Wildman–Crippen LogP) is 7.05. The Hall–Kier alpha value is -2.54. The third-order valence-electron chi connectivity index (χ3n) is 9.79. The molecule has 0 N–H and O–H groups in total. The van der Waals surface area contributed by atoms with Crippen LogP contribution in [0, 0.1) is 36.0 Å². The highest BCUT2D eigenvalue weighted by Crippen LogP contribution is 2.62. The first kappa shape index (κ1) is 25.7. The molecule has 7 rings (SSSR count). The van der Waals surface area contributed by atoms with Crippen LogP contribution >= 0.6 is 7.92 Å². The number of fused-ring (bicyclic) bond motifs is 3. The quantitative estimate of drug-likeness (QED) is 0.243. The van der Waals surface area contributed by atoms with Gasteiger partial charge in [0.15, 0.2) is 0 Å². The van der Waals surface area contributed by atoms with Crippen LogP contribution in [-0.4, -0.2) is 23.5 Å². The van der Waals surface area contributed by atoms with Crippen LogP contribution in [0.25, 0.3) is 10.9 Å². The van der Waals surface area contributed by atoms with Gasteiger partial charge in [0.2, 0.25) is 0 Å². The number of aryl methyl sites for hydroxylation is 1. The van der Waals surface area contributed by atoms with Gasteiger partial charge in [0, 0.05) is 26.4 Å².